The number of ether oxygens (including phenoxy) is 1. The summed E-state index contributed by atoms with van der Waals surface area (Å²) < 4.78 is 7.06. The van der Waals surface area contributed by atoms with Crippen LogP contribution in [0.1, 0.15) is 45.8 Å². The molecule has 2 aromatic heterocycles. The summed E-state index contributed by atoms with van der Waals surface area (Å²) in [5.74, 6) is 1.10. The molecule has 162 valence electrons. The number of tetrazole rings is 1. The van der Waals surface area contributed by atoms with Gasteiger partial charge in [-0.3, -0.25) is 9.78 Å². The zero-order valence-corrected chi connectivity index (χ0v) is 18.3. The van der Waals surface area contributed by atoms with E-state index in [2.05, 4.69) is 26.9 Å². The molecule has 0 saturated heterocycles. The molecule has 1 amide bonds. The number of carbonyl (C=O) groups excluding carboxylic acids is 1. The van der Waals surface area contributed by atoms with E-state index < -0.39 is 0 Å². The Morgan fingerprint density at radius 2 is 1.94 bits per heavy atom. The van der Waals surface area contributed by atoms with E-state index in [1.165, 1.54) is 0 Å². The molecule has 8 heteroatoms. The minimum Gasteiger partial charge on any atom is -0.494 e. The van der Waals surface area contributed by atoms with Crippen LogP contribution in [0.15, 0.2) is 36.4 Å². The number of nitrogens with zero attached hydrogens (tertiary/aromatic N) is 5. The number of nitrogens with one attached hydrogen (secondary N) is 1. The molecule has 2 heterocycles. The maximum Gasteiger partial charge on any atom is 0.256 e. The maximum atomic E-state index is 13.6. The van der Waals surface area contributed by atoms with E-state index in [0.717, 1.165) is 59.0 Å². The van der Waals surface area contributed by atoms with Gasteiger partial charge in [-0.05, 0) is 85.9 Å². The number of aromatic nitrogens is 5. The van der Waals surface area contributed by atoms with E-state index in [1.54, 1.807) is 17.9 Å². The van der Waals surface area contributed by atoms with Crippen molar-refractivity contribution in [2.75, 3.05) is 12.4 Å². The molecular weight excluding hydrogens is 404 g/mol. The van der Waals surface area contributed by atoms with E-state index in [-0.39, 0.29) is 5.91 Å². The Hall–Kier alpha value is -3.81. The van der Waals surface area contributed by atoms with Gasteiger partial charge < -0.3 is 10.1 Å². The molecule has 0 fully saturated rings. The first-order valence-corrected chi connectivity index (χ1v) is 10.7. The molecule has 2 aromatic carbocycles. The molecular formula is C24H24N6O2. The summed E-state index contributed by atoms with van der Waals surface area (Å²) >= 11 is 0. The third-order valence-corrected chi connectivity index (χ3v) is 5.93. The molecule has 0 unspecified atom stereocenters. The van der Waals surface area contributed by atoms with Crippen LogP contribution in [0.5, 0.6) is 5.75 Å². The molecule has 0 atom stereocenters. The quantitative estimate of drug-likeness (QED) is 0.529. The molecule has 0 aliphatic heterocycles. The largest absolute Gasteiger partial charge is 0.494 e. The summed E-state index contributed by atoms with van der Waals surface area (Å²) in [4.78, 5) is 18.5. The molecule has 4 aromatic rings. The number of hydrogen-bond acceptors (Lipinski definition) is 6. The summed E-state index contributed by atoms with van der Waals surface area (Å²) in [5.41, 5.74) is 6.10. The van der Waals surface area contributed by atoms with E-state index in [1.807, 2.05) is 38.1 Å². The average Bonchev–Trinajstić information content (AvgIpc) is 3.23. The summed E-state index contributed by atoms with van der Waals surface area (Å²) in [5, 5.41) is 15.7. The number of fused-ring (bicyclic) bond motifs is 2. The summed E-state index contributed by atoms with van der Waals surface area (Å²) in [6.07, 6.45) is 3.94. The van der Waals surface area contributed by atoms with Gasteiger partial charge in [0.15, 0.2) is 5.82 Å². The maximum absolute atomic E-state index is 13.6. The van der Waals surface area contributed by atoms with Crippen molar-refractivity contribution in [2.45, 2.75) is 39.5 Å². The van der Waals surface area contributed by atoms with Crippen LogP contribution in [-0.2, 0) is 12.8 Å². The van der Waals surface area contributed by atoms with Gasteiger partial charge in [-0.25, -0.2) is 0 Å². The number of carbonyl (C=O) groups is 1. The molecule has 0 spiro atoms. The Morgan fingerprint density at radius 1 is 1.09 bits per heavy atom. The lowest BCUT2D eigenvalue weighted by Gasteiger charge is -2.21. The van der Waals surface area contributed by atoms with Crippen molar-refractivity contribution >= 4 is 22.5 Å². The van der Waals surface area contributed by atoms with E-state index in [4.69, 9.17) is 9.72 Å². The lowest BCUT2D eigenvalue weighted by molar-refractivity contribution is 0.102. The van der Waals surface area contributed by atoms with Gasteiger partial charge in [0.2, 0.25) is 0 Å². The van der Waals surface area contributed by atoms with Crippen molar-refractivity contribution in [1.82, 2.24) is 25.2 Å². The average molecular weight is 428 g/mol. The summed E-state index contributed by atoms with van der Waals surface area (Å²) in [7, 11) is 1.59. The second-order valence-corrected chi connectivity index (χ2v) is 8.12. The minimum atomic E-state index is -0.134. The Balaban J connectivity index is 1.59. The van der Waals surface area contributed by atoms with Crippen molar-refractivity contribution in [3.8, 4) is 11.4 Å². The number of methoxy groups -OCH3 is 1. The zero-order chi connectivity index (χ0) is 22.2. The number of benzene rings is 2. The Labute approximate surface area is 185 Å². The number of hydrogen-bond donors (Lipinski definition) is 1. The van der Waals surface area contributed by atoms with Crippen molar-refractivity contribution in [2.24, 2.45) is 0 Å². The second kappa shape index (κ2) is 8.03. The first-order valence-electron chi connectivity index (χ1n) is 10.7. The highest BCUT2D eigenvalue weighted by Crippen LogP contribution is 2.32. The van der Waals surface area contributed by atoms with Crippen LogP contribution >= 0.6 is 0 Å². The fourth-order valence-electron chi connectivity index (χ4n) is 4.38. The van der Waals surface area contributed by atoms with Crippen molar-refractivity contribution in [3.63, 3.8) is 0 Å². The monoisotopic (exact) mass is 428 g/mol. The van der Waals surface area contributed by atoms with Crippen molar-refractivity contribution in [1.29, 1.82) is 0 Å². The standard InChI is InChI=1S/C24H24N6O2/c1-14-8-10-20-18(12-14)23(17-6-4-5-7-19(17)26-20)24(31)25-16-9-11-22(32-3)21(13-16)30-15(2)27-28-29-30/h8-13H,4-7H2,1-3H3,(H,25,31). The normalized spacial score (nSPS) is 13.1. The fourth-order valence-corrected chi connectivity index (χ4v) is 4.38. The summed E-state index contributed by atoms with van der Waals surface area (Å²) in [6.45, 7) is 3.84. The predicted octanol–water partition coefficient (Wildman–Crippen LogP) is 3.97. The molecule has 1 aliphatic carbocycles. The van der Waals surface area contributed by atoms with Crippen molar-refractivity contribution < 1.29 is 9.53 Å². The Bertz CT molecular complexity index is 1340. The number of rotatable bonds is 4. The van der Waals surface area contributed by atoms with Gasteiger partial charge in [-0.15, -0.1) is 5.10 Å². The van der Waals surface area contributed by atoms with Crippen LogP contribution in [-0.4, -0.2) is 38.2 Å². The molecule has 5 rings (SSSR count). The number of pyridine rings is 1. The third-order valence-electron chi connectivity index (χ3n) is 5.93. The Morgan fingerprint density at radius 3 is 2.72 bits per heavy atom. The van der Waals surface area contributed by atoms with Gasteiger partial charge in [0.05, 0.1) is 18.2 Å². The van der Waals surface area contributed by atoms with Crippen LogP contribution in [0.3, 0.4) is 0 Å². The molecule has 32 heavy (non-hydrogen) atoms. The molecule has 0 radical (unpaired) electrons. The van der Waals surface area contributed by atoms with Crippen LogP contribution < -0.4 is 10.1 Å². The topological polar surface area (TPSA) is 94.8 Å². The lowest BCUT2D eigenvalue weighted by atomic mass is 9.89. The smallest absolute Gasteiger partial charge is 0.256 e. The van der Waals surface area contributed by atoms with Crippen molar-refractivity contribution in [3.05, 3.63) is 64.6 Å². The van der Waals surface area contributed by atoms with E-state index >= 15 is 0 Å². The number of anilines is 1. The van der Waals surface area contributed by atoms with E-state index in [0.29, 0.717) is 22.9 Å². The second-order valence-electron chi connectivity index (χ2n) is 8.12. The molecule has 0 saturated carbocycles. The molecule has 1 aliphatic rings. The van der Waals surface area contributed by atoms with Gasteiger partial charge in [-0.1, -0.05) is 11.6 Å². The minimum absolute atomic E-state index is 0.134. The first-order chi connectivity index (χ1) is 15.5. The fraction of sp³-hybridized carbons (Fsp3) is 0.292. The van der Waals surface area contributed by atoms with Crippen LogP contribution in [0, 0.1) is 13.8 Å². The molecule has 8 nitrogen and oxygen atoms in total. The third kappa shape index (κ3) is 3.47. The van der Waals surface area contributed by atoms with Crippen LogP contribution in [0.25, 0.3) is 16.6 Å². The van der Waals surface area contributed by atoms with Crippen LogP contribution in [0.4, 0.5) is 5.69 Å². The zero-order valence-electron chi connectivity index (χ0n) is 18.3. The van der Waals surface area contributed by atoms with Gasteiger partial charge >= 0.3 is 0 Å². The first kappa shape index (κ1) is 20.1. The number of amides is 1. The molecule has 1 N–H and O–H groups in total. The van der Waals surface area contributed by atoms with E-state index in [9.17, 15) is 4.79 Å². The highest BCUT2D eigenvalue weighted by Gasteiger charge is 2.23. The van der Waals surface area contributed by atoms with Gasteiger partial charge in [0.25, 0.3) is 5.91 Å². The molecule has 0 bridgehead atoms. The van der Waals surface area contributed by atoms with Gasteiger partial charge in [-0.2, -0.15) is 4.68 Å². The Kier molecular flexibility index (Phi) is 5.05. The highest BCUT2D eigenvalue weighted by molar-refractivity contribution is 6.13. The van der Waals surface area contributed by atoms with Crippen LogP contribution in [0.2, 0.25) is 0 Å². The SMILES string of the molecule is COc1ccc(NC(=O)c2c3c(nc4ccc(C)cc24)CCCC3)cc1-n1nnnc1C. The van der Waals surface area contributed by atoms with Gasteiger partial charge in [0, 0.05) is 16.8 Å². The number of aryl methyl sites for hydroxylation is 3. The summed E-state index contributed by atoms with van der Waals surface area (Å²) in [6, 6.07) is 11.5. The lowest BCUT2D eigenvalue weighted by Crippen LogP contribution is -2.19. The van der Waals surface area contributed by atoms with Gasteiger partial charge in [0.1, 0.15) is 11.4 Å². The predicted molar refractivity (Wildman–Crippen MR) is 122 cm³/mol. The highest BCUT2D eigenvalue weighted by atomic mass is 16.5.